The number of nitrogens with zero attached hydrogens (tertiary/aromatic N) is 2. The zero-order chi connectivity index (χ0) is 15.8. The van der Waals surface area contributed by atoms with Crippen LogP contribution in [-0.4, -0.2) is 47.8 Å². The molecule has 2 aliphatic heterocycles. The Morgan fingerprint density at radius 1 is 1.43 bits per heavy atom. The van der Waals surface area contributed by atoms with E-state index < -0.39 is 0 Å². The fourth-order valence-corrected chi connectivity index (χ4v) is 3.71. The van der Waals surface area contributed by atoms with E-state index >= 15 is 0 Å². The van der Waals surface area contributed by atoms with Crippen LogP contribution < -0.4 is 5.32 Å². The molecule has 0 radical (unpaired) electrons. The molecule has 1 amide bonds. The zero-order valence-electron chi connectivity index (χ0n) is 13.7. The van der Waals surface area contributed by atoms with Gasteiger partial charge in [0.15, 0.2) is 0 Å². The number of likely N-dealkylation sites (tertiary alicyclic amines) is 1. The molecule has 0 aromatic carbocycles. The molecular formula is C17H25N3O3. The van der Waals surface area contributed by atoms with Gasteiger partial charge in [0.05, 0.1) is 11.8 Å². The first-order valence-corrected chi connectivity index (χ1v) is 8.75. The third-order valence-corrected chi connectivity index (χ3v) is 5.25. The minimum absolute atomic E-state index is 0.0879. The molecule has 0 unspecified atom stereocenters. The number of hydrogen-bond acceptors (Lipinski definition) is 5. The smallest absolute Gasteiger partial charge is 0.249 e. The number of carbonyl (C=O) groups excluding carboxylic acids is 1. The summed E-state index contributed by atoms with van der Waals surface area (Å²) in [5.74, 6) is 2.16. The van der Waals surface area contributed by atoms with Gasteiger partial charge in [-0.2, -0.15) is 0 Å². The predicted octanol–water partition coefficient (Wildman–Crippen LogP) is 1.49. The summed E-state index contributed by atoms with van der Waals surface area (Å²) in [5, 5.41) is 7.11. The van der Waals surface area contributed by atoms with E-state index in [2.05, 4.69) is 15.4 Å². The van der Waals surface area contributed by atoms with Crippen molar-refractivity contribution in [2.24, 2.45) is 11.8 Å². The van der Waals surface area contributed by atoms with Gasteiger partial charge in [-0.25, -0.2) is 0 Å². The van der Waals surface area contributed by atoms with Gasteiger partial charge in [-0.05, 0) is 51.0 Å². The first-order chi connectivity index (χ1) is 11.2. The Morgan fingerprint density at radius 2 is 2.30 bits per heavy atom. The van der Waals surface area contributed by atoms with E-state index in [1.165, 1.54) is 12.8 Å². The molecule has 126 valence electrons. The van der Waals surface area contributed by atoms with Crippen LogP contribution in [0.25, 0.3) is 0 Å². The van der Waals surface area contributed by atoms with Gasteiger partial charge in [0.25, 0.3) is 0 Å². The van der Waals surface area contributed by atoms with Crippen LogP contribution in [0.1, 0.15) is 37.1 Å². The Balaban J connectivity index is 1.28. The molecule has 0 bridgehead atoms. The Morgan fingerprint density at radius 3 is 3.04 bits per heavy atom. The number of hydrogen-bond donors (Lipinski definition) is 1. The summed E-state index contributed by atoms with van der Waals surface area (Å²) in [6.45, 7) is 5.44. The highest BCUT2D eigenvalue weighted by Gasteiger charge is 2.42. The molecular weight excluding hydrogens is 294 g/mol. The van der Waals surface area contributed by atoms with E-state index in [9.17, 15) is 4.79 Å². The van der Waals surface area contributed by atoms with Crippen molar-refractivity contribution in [2.75, 3.05) is 19.6 Å². The molecule has 6 nitrogen and oxygen atoms in total. The lowest BCUT2D eigenvalue weighted by molar-refractivity contribution is -0.132. The number of piperidine rings is 1. The summed E-state index contributed by atoms with van der Waals surface area (Å²) in [5.41, 5.74) is 0.970. The molecule has 1 aliphatic carbocycles. The van der Waals surface area contributed by atoms with E-state index in [0.717, 1.165) is 50.5 Å². The zero-order valence-corrected chi connectivity index (χ0v) is 13.7. The first-order valence-electron chi connectivity index (χ1n) is 8.75. The molecule has 3 heterocycles. The second kappa shape index (κ2) is 6.24. The van der Waals surface area contributed by atoms with E-state index in [4.69, 9.17) is 9.26 Å². The van der Waals surface area contributed by atoms with Crippen LogP contribution in [0.2, 0.25) is 0 Å². The van der Waals surface area contributed by atoms with Crippen molar-refractivity contribution in [3.63, 3.8) is 0 Å². The molecule has 2 saturated heterocycles. The lowest BCUT2D eigenvalue weighted by Crippen LogP contribution is -2.42. The molecule has 0 spiro atoms. The number of fused-ring (bicyclic) bond motifs is 1. The molecule has 3 aliphatic rings. The maximum Gasteiger partial charge on any atom is 0.249 e. The van der Waals surface area contributed by atoms with Crippen molar-refractivity contribution < 1.29 is 14.1 Å². The molecule has 1 aromatic heterocycles. The Labute approximate surface area is 136 Å². The fraction of sp³-hybridized carbons (Fsp3) is 0.765. The Bertz CT molecular complexity index is 569. The summed E-state index contributed by atoms with van der Waals surface area (Å²) in [4.78, 5) is 14.6. The van der Waals surface area contributed by atoms with Gasteiger partial charge in [0, 0.05) is 25.7 Å². The van der Waals surface area contributed by atoms with Crippen molar-refractivity contribution in [1.82, 2.24) is 15.4 Å². The molecule has 23 heavy (non-hydrogen) atoms. The quantitative estimate of drug-likeness (QED) is 0.890. The van der Waals surface area contributed by atoms with Crippen molar-refractivity contribution in [1.29, 1.82) is 0 Å². The standard InChI is InChI=1S/C17H25N3O3/c1-11-6-14(19-23-11)9-20-5-4-13-7-15(22-16(13)10-20)17(21)18-8-12-2-3-12/h6,12-13,15-16H,2-5,7-10H2,1H3,(H,18,21)/t13-,15-,16+/m0/s1. The molecule has 1 N–H and O–H groups in total. The maximum atomic E-state index is 12.2. The van der Waals surface area contributed by atoms with Crippen LogP contribution in [0, 0.1) is 18.8 Å². The van der Waals surface area contributed by atoms with Gasteiger partial charge >= 0.3 is 0 Å². The molecule has 3 atom stereocenters. The summed E-state index contributed by atoms with van der Waals surface area (Å²) < 4.78 is 11.2. The van der Waals surface area contributed by atoms with Crippen molar-refractivity contribution >= 4 is 5.91 Å². The number of carbonyl (C=O) groups is 1. The molecule has 1 aromatic rings. The fourth-order valence-electron chi connectivity index (χ4n) is 3.71. The monoisotopic (exact) mass is 319 g/mol. The second-order valence-corrected chi connectivity index (χ2v) is 7.30. The lowest BCUT2D eigenvalue weighted by Gasteiger charge is -2.33. The SMILES string of the molecule is Cc1cc(CN2CC[C@H]3C[C@@H](C(=O)NCC4CC4)O[C@@H]3C2)no1. The van der Waals surface area contributed by atoms with E-state index in [1.54, 1.807) is 0 Å². The van der Waals surface area contributed by atoms with Crippen molar-refractivity contribution in [2.45, 2.75) is 51.4 Å². The highest BCUT2D eigenvalue weighted by Crippen LogP contribution is 2.34. The van der Waals surface area contributed by atoms with Gasteiger partial charge in [0.2, 0.25) is 5.91 Å². The predicted molar refractivity (Wildman–Crippen MR) is 83.6 cm³/mol. The second-order valence-electron chi connectivity index (χ2n) is 7.30. The van der Waals surface area contributed by atoms with Crippen LogP contribution >= 0.6 is 0 Å². The third kappa shape index (κ3) is 3.58. The average Bonchev–Trinajstić information content (AvgIpc) is 3.13. The van der Waals surface area contributed by atoms with E-state index in [1.807, 2.05) is 13.0 Å². The number of aryl methyl sites for hydroxylation is 1. The van der Waals surface area contributed by atoms with Crippen LogP contribution in [-0.2, 0) is 16.1 Å². The summed E-state index contributed by atoms with van der Waals surface area (Å²) in [7, 11) is 0. The highest BCUT2D eigenvalue weighted by atomic mass is 16.5. The van der Waals surface area contributed by atoms with Gasteiger partial charge in [-0.15, -0.1) is 0 Å². The van der Waals surface area contributed by atoms with Crippen molar-refractivity contribution in [3.05, 3.63) is 17.5 Å². The van der Waals surface area contributed by atoms with E-state index in [0.29, 0.717) is 11.8 Å². The Kier molecular flexibility index (Phi) is 4.11. The Hall–Kier alpha value is -1.40. The van der Waals surface area contributed by atoms with Gasteiger partial charge < -0.3 is 14.6 Å². The normalized spacial score (nSPS) is 31.1. The topological polar surface area (TPSA) is 67.6 Å². The molecule has 3 fully saturated rings. The maximum absolute atomic E-state index is 12.2. The van der Waals surface area contributed by atoms with Crippen LogP contribution in [0.3, 0.4) is 0 Å². The van der Waals surface area contributed by atoms with Crippen LogP contribution in [0.4, 0.5) is 0 Å². The largest absolute Gasteiger partial charge is 0.364 e. The summed E-state index contributed by atoms with van der Waals surface area (Å²) in [6, 6.07) is 1.98. The molecule has 1 saturated carbocycles. The van der Waals surface area contributed by atoms with Gasteiger partial charge in [0.1, 0.15) is 11.9 Å². The van der Waals surface area contributed by atoms with Gasteiger partial charge in [-0.1, -0.05) is 5.16 Å². The first kappa shape index (κ1) is 15.1. The number of ether oxygens (including phenoxy) is 1. The van der Waals surface area contributed by atoms with Crippen LogP contribution in [0.5, 0.6) is 0 Å². The average molecular weight is 319 g/mol. The summed E-state index contributed by atoms with van der Waals surface area (Å²) >= 11 is 0. The lowest BCUT2D eigenvalue weighted by atomic mass is 9.91. The number of aromatic nitrogens is 1. The minimum atomic E-state index is -0.252. The van der Waals surface area contributed by atoms with Crippen LogP contribution in [0.15, 0.2) is 10.6 Å². The number of rotatable bonds is 5. The third-order valence-electron chi connectivity index (χ3n) is 5.25. The minimum Gasteiger partial charge on any atom is -0.364 e. The molecule has 4 rings (SSSR count). The number of amides is 1. The summed E-state index contributed by atoms with van der Waals surface area (Å²) in [6.07, 6.45) is 4.40. The van der Waals surface area contributed by atoms with E-state index in [-0.39, 0.29) is 18.1 Å². The number of nitrogens with one attached hydrogen (secondary N) is 1. The van der Waals surface area contributed by atoms with Gasteiger partial charge in [-0.3, -0.25) is 9.69 Å². The highest BCUT2D eigenvalue weighted by molar-refractivity contribution is 5.81. The molecule has 6 heteroatoms. The van der Waals surface area contributed by atoms with Crippen molar-refractivity contribution in [3.8, 4) is 0 Å².